The van der Waals surface area contributed by atoms with Gasteiger partial charge in [0.05, 0.1) is 0 Å². The summed E-state index contributed by atoms with van der Waals surface area (Å²) < 4.78 is 28.8. The zero-order valence-corrected chi connectivity index (χ0v) is 13.5. The van der Waals surface area contributed by atoms with E-state index in [4.69, 9.17) is 0 Å². The van der Waals surface area contributed by atoms with Crippen LogP contribution in [0.5, 0.6) is 0 Å². The monoisotopic (exact) mass is 314 g/mol. The van der Waals surface area contributed by atoms with Gasteiger partial charge in [0.15, 0.2) is 0 Å². The van der Waals surface area contributed by atoms with E-state index in [0.717, 1.165) is 32.1 Å². The number of thiophene rings is 1. The zero-order valence-electron chi connectivity index (χ0n) is 11.9. The first-order valence-electron chi connectivity index (χ1n) is 7.37. The van der Waals surface area contributed by atoms with Crippen LogP contribution >= 0.6 is 11.3 Å². The largest absolute Gasteiger partial charge is 0.282 e. The third kappa shape index (κ3) is 2.66. The molecule has 2 heterocycles. The summed E-state index contributed by atoms with van der Waals surface area (Å²) in [5, 5.41) is 2.06. The molecule has 4 nitrogen and oxygen atoms in total. The first-order valence-corrected chi connectivity index (χ1v) is 9.65. The third-order valence-corrected chi connectivity index (χ3v) is 7.57. The molecule has 1 aliphatic heterocycles. The van der Waals surface area contributed by atoms with Crippen LogP contribution in [0.15, 0.2) is 11.4 Å². The van der Waals surface area contributed by atoms with E-state index < -0.39 is 10.2 Å². The Hall–Kier alpha value is -0.430. The number of hydrogen-bond acceptors (Lipinski definition) is 3. The van der Waals surface area contributed by atoms with Crippen molar-refractivity contribution < 1.29 is 8.42 Å². The number of hydrogen-bond donors (Lipinski definition) is 0. The Morgan fingerprint density at radius 3 is 2.80 bits per heavy atom. The molecule has 1 saturated carbocycles. The highest BCUT2D eigenvalue weighted by Crippen LogP contribution is 2.29. The highest BCUT2D eigenvalue weighted by Gasteiger charge is 2.34. The van der Waals surface area contributed by atoms with Gasteiger partial charge >= 0.3 is 0 Å². The maximum absolute atomic E-state index is 12.8. The maximum atomic E-state index is 12.8. The van der Waals surface area contributed by atoms with Crippen molar-refractivity contribution in [1.29, 1.82) is 0 Å². The van der Waals surface area contributed by atoms with E-state index >= 15 is 0 Å². The van der Waals surface area contributed by atoms with Gasteiger partial charge in [0.25, 0.3) is 10.2 Å². The summed E-state index contributed by atoms with van der Waals surface area (Å²) in [5.74, 6) is 0. The van der Waals surface area contributed by atoms with Crippen LogP contribution in [-0.4, -0.2) is 36.7 Å². The molecule has 1 aromatic heterocycles. The summed E-state index contributed by atoms with van der Waals surface area (Å²) in [6.45, 7) is 1.16. The first-order chi connectivity index (χ1) is 9.59. The first kappa shape index (κ1) is 14.5. The second-order valence-corrected chi connectivity index (χ2v) is 8.76. The fourth-order valence-electron chi connectivity index (χ4n) is 3.23. The standard InChI is InChI=1S/C14H22N2O2S2/c1-15(13-5-3-2-4-6-13)20(17,18)16-9-7-14-12(11-16)8-10-19-14/h8,10,13H,2-7,9,11H2,1H3. The van der Waals surface area contributed by atoms with Crippen LogP contribution in [0.25, 0.3) is 0 Å². The normalized spacial score (nSPS) is 22.1. The molecule has 1 aliphatic carbocycles. The topological polar surface area (TPSA) is 40.6 Å². The molecule has 0 unspecified atom stereocenters. The molecule has 0 atom stereocenters. The smallest absolute Gasteiger partial charge is 0.195 e. The van der Waals surface area contributed by atoms with Crippen LogP contribution in [0.2, 0.25) is 0 Å². The van der Waals surface area contributed by atoms with Gasteiger partial charge in [0.1, 0.15) is 0 Å². The van der Waals surface area contributed by atoms with Crippen molar-refractivity contribution in [2.75, 3.05) is 13.6 Å². The Bertz CT molecular complexity index is 561. The van der Waals surface area contributed by atoms with E-state index in [-0.39, 0.29) is 6.04 Å². The van der Waals surface area contributed by atoms with Crippen molar-refractivity contribution >= 4 is 21.5 Å². The highest BCUT2D eigenvalue weighted by molar-refractivity contribution is 7.86. The lowest BCUT2D eigenvalue weighted by Gasteiger charge is -2.35. The van der Waals surface area contributed by atoms with Gasteiger partial charge in [-0.15, -0.1) is 11.3 Å². The molecule has 0 bridgehead atoms. The molecular weight excluding hydrogens is 292 g/mol. The SMILES string of the molecule is CN(C1CCCCC1)S(=O)(=O)N1CCc2sccc2C1. The lowest BCUT2D eigenvalue weighted by atomic mass is 9.96. The molecule has 0 saturated heterocycles. The van der Waals surface area contributed by atoms with E-state index in [1.165, 1.54) is 16.9 Å². The van der Waals surface area contributed by atoms with Gasteiger partial charge in [0, 0.05) is 31.1 Å². The van der Waals surface area contributed by atoms with E-state index in [1.54, 1.807) is 27.0 Å². The Morgan fingerprint density at radius 2 is 2.05 bits per heavy atom. The van der Waals surface area contributed by atoms with Crippen LogP contribution in [-0.2, 0) is 23.2 Å². The van der Waals surface area contributed by atoms with Crippen LogP contribution in [0.1, 0.15) is 42.5 Å². The molecule has 0 radical (unpaired) electrons. The minimum absolute atomic E-state index is 0.192. The maximum Gasteiger partial charge on any atom is 0.282 e. The third-order valence-electron chi connectivity index (χ3n) is 4.55. The van der Waals surface area contributed by atoms with Crippen LogP contribution in [0.4, 0.5) is 0 Å². The minimum atomic E-state index is -3.31. The van der Waals surface area contributed by atoms with Crippen molar-refractivity contribution in [1.82, 2.24) is 8.61 Å². The van der Waals surface area contributed by atoms with Crippen molar-refractivity contribution in [2.45, 2.75) is 51.1 Å². The molecule has 1 fully saturated rings. The van der Waals surface area contributed by atoms with Crippen molar-refractivity contribution in [3.05, 3.63) is 21.9 Å². The Labute approximate surface area is 125 Å². The minimum Gasteiger partial charge on any atom is -0.195 e. The Kier molecular flexibility index (Phi) is 4.17. The highest BCUT2D eigenvalue weighted by atomic mass is 32.2. The summed E-state index contributed by atoms with van der Waals surface area (Å²) in [5.41, 5.74) is 1.18. The van der Waals surface area contributed by atoms with E-state index in [1.807, 2.05) is 0 Å². The van der Waals surface area contributed by atoms with Crippen molar-refractivity contribution in [3.63, 3.8) is 0 Å². The summed E-state index contributed by atoms with van der Waals surface area (Å²) in [4.78, 5) is 1.34. The van der Waals surface area contributed by atoms with Crippen molar-refractivity contribution in [2.24, 2.45) is 0 Å². The van der Waals surface area contributed by atoms with E-state index in [2.05, 4.69) is 11.4 Å². The molecule has 20 heavy (non-hydrogen) atoms. The average molecular weight is 314 g/mol. The van der Waals surface area contributed by atoms with Crippen LogP contribution < -0.4 is 0 Å². The summed E-state index contributed by atoms with van der Waals surface area (Å²) in [7, 11) is -1.55. The van der Waals surface area contributed by atoms with E-state index in [9.17, 15) is 8.42 Å². The van der Waals surface area contributed by atoms with Gasteiger partial charge < -0.3 is 0 Å². The quantitative estimate of drug-likeness (QED) is 0.860. The fourth-order valence-corrected chi connectivity index (χ4v) is 5.70. The van der Waals surface area contributed by atoms with Gasteiger partial charge in [-0.1, -0.05) is 19.3 Å². The molecule has 0 N–H and O–H groups in total. The predicted molar refractivity (Wildman–Crippen MR) is 82.0 cm³/mol. The number of fused-ring (bicyclic) bond motifs is 1. The van der Waals surface area contributed by atoms with Crippen LogP contribution in [0.3, 0.4) is 0 Å². The molecule has 112 valence electrons. The lowest BCUT2D eigenvalue weighted by molar-refractivity contribution is 0.259. The fraction of sp³-hybridized carbons (Fsp3) is 0.714. The van der Waals surface area contributed by atoms with E-state index in [0.29, 0.717) is 13.1 Å². The molecule has 6 heteroatoms. The zero-order chi connectivity index (χ0) is 14.2. The van der Waals surface area contributed by atoms with Gasteiger partial charge in [-0.2, -0.15) is 17.0 Å². The average Bonchev–Trinajstić information content (AvgIpc) is 2.94. The summed E-state index contributed by atoms with van der Waals surface area (Å²) in [6, 6.07) is 2.25. The predicted octanol–water partition coefficient (Wildman–Crippen LogP) is 2.62. The van der Waals surface area contributed by atoms with Crippen LogP contribution in [0, 0.1) is 0 Å². The molecule has 0 amide bonds. The van der Waals surface area contributed by atoms with Gasteiger partial charge in [-0.3, -0.25) is 0 Å². The Morgan fingerprint density at radius 1 is 1.30 bits per heavy atom. The number of rotatable bonds is 3. The molecule has 2 aliphatic rings. The molecule has 1 aromatic rings. The second-order valence-electron chi connectivity index (χ2n) is 5.77. The van der Waals surface area contributed by atoms with Crippen molar-refractivity contribution in [3.8, 4) is 0 Å². The summed E-state index contributed by atoms with van der Waals surface area (Å²) in [6.07, 6.45) is 6.41. The number of nitrogens with zero attached hydrogens (tertiary/aromatic N) is 2. The van der Waals surface area contributed by atoms with Gasteiger partial charge in [0.2, 0.25) is 0 Å². The van der Waals surface area contributed by atoms with Gasteiger partial charge in [-0.05, 0) is 36.3 Å². The molecule has 3 rings (SSSR count). The molecule has 0 spiro atoms. The Balaban J connectivity index is 1.75. The molecule has 0 aromatic carbocycles. The summed E-state index contributed by atoms with van der Waals surface area (Å²) >= 11 is 1.74. The molecular formula is C14H22N2O2S2. The second kappa shape index (κ2) is 5.75. The lowest BCUT2D eigenvalue weighted by Crippen LogP contribution is -2.48. The van der Waals surface area contributed by atoms with Gasteiger partial charge in [-0.25, -0.2) is 0 Å².